The highest BCUT2D eigenvalue weighted by molar-refractivity contribution is 5.85. The smallest absolute Gasteiger partial charge is 0.291 e. The first-order chi connectivity index (χ1) is 10.6. The molecule has 1 N–H and O–H groups in total. The van der Waals surface area contributed by atoms with Gasteiger partial charge in [0.25, 0.3) is 5.56 Å². The Bertz CT molecular complexity index is 889. The molecule has 0 amide bonds. The molecule has 6 heteroatoms. The van der Waals surface area contributed by atoms with Crippen molar-refractivity contribution in [2.24, 2.45) is 0 Å². The Morgan fingerprint density at radius 3 is 2.64 bits per heavy atom. The maximum absolute atomic E-state index is 12.4. The maximum atomic E-state index is 12.4. The molecule has 0 saturated heterocycles. The van der Waals surface area contributed by atoms with Gasteiger partial charge >= 0.3 is 0 Å². The minimum absolute atomic E-state index is 0.0994. The topological polar surface area (TPSA) is 77.2 Å². The van der Waals surface area contributed by atoms with Crippen molar-refractivity contribution in [3.8, 4) is 5.75 Å². The van der Waals surface area contributed by atoms with Gasteiger partial charge in [0, 0.05) is 0 Å². The lowest BCUT2D eigenvalue weighted by molar-refractivity contribution is 0.0971. The van der Waals surface area contributed by atoms with E-state index in [1.54, 1.807) is 13.8 Å². The zero-order chi connectivity index (χ0) is 15.7. The molecule has 0 saturated carbocycles. The van der Waals surface area contributed by atoms with Crippen molar-refractivity contribution in [1.82, 2.24) is 14.7 Å². The summed E-state index contributed by atoms with van der Waals surface area (Å²) in [5, 5.41) is 10.6. The lowest BCUT2D eigenvalue weighted by atomic mass is 10.2. The van der Waals surface area contributed by atoms with Gasteiger partial charge < -0.3 is 9.94 Å². The third-order valence-electron chi connectivity index (χ3n) is 3.51. The number of rotatable bonds is 3. The van der Waals surface area contributed by atoms with E-state index in [1.807, 2.05) is 30.3 Å². The second-order valence-corrected chi connectivity index (χ2v) is 4.99. The fourth-order valence-electron chi connectivity index (χ4n) is 2.26. The van der Waals surface area contributed by atoms with E-state index >= 15 is 0 Å². The van der Waals surface area contributed by atoms with Gasteiger partial charge in [0.15, 0.2) is 5.65 Å². The van der Waals surface area contributed by atoms with Crippen molar-refractivity contribution in [2.75, 3.05) is 0 Å². The van der Waals surface area contributed by atoms with Crippen LogP contribution < -0.4 is 10.4 Å². The Morgan fingerprint density at radius 1 is 1.18 bits per heavy atom. The average molecular weight is 297 g/mol. The minimum Gasteiger partial charge on any atom is -0.507 e. The molecule has 1 aromatic carbocycles. The molecule has 2 heterocycles. The molecule has 0 spiro atoms. The molecule has 3 aromatic rings. The molecule has 0 fully saturated rings. The summed E-state index contributed by atoms with van der Waals surface area (Å²) in [6.45, 7) is 3.52. The van der Waals surface area contributed by atoms with Gasteiger partial charge in [-0.05, 0) is 19.4 Å². The predicted octanol–water partition coefficient (Wildman–Crippen LogP) is 1.74. The van der Waals surface area contributed by atoms with Crippen LogP contribution in [-0.2, 0) is 6.61 Å². The van der Waals surface area contributed by atoms with Gasteiger partial charge in [-0.1, -0.05) is 30.3 Å². The molecule has 6 nitrogen and oxygen atoms in total. The molecule has 0 aliphatic heterocycles. The lowest BCUT2D eigenvalue weighted by Gasteiger charge is -2.14. The van der Waals surface area contributed by atoms with E-state index in [2.05, 4.69) is 9.97 Å². The summed E-state index contributed by atoms with van der Waals surface area (Å²) >= 11 is 0. The molecule has 0 atom stereocenters. The summed E-state index contributed by atoms with van der Waals surface area (Å²) in [6.07, 6.45) is 1.34. The normalized spacial score (nSPS) is 10.8. The van der Waals surface area contributed by atoms with Crippen molar-refractivity contribution in [3.05, 3.63) is 63.8 Å². The van der Waals surface area contributed by atoms with Crippen LogP contribution in [0.25, 0.3) is 11.0 Å². The van der Waals surface area contributed by atoms with Crippen LogP contribution in [0.1, 0.15) is 16.8 Å². The zero-order valence-corrected chi connectivity index (χ0v) is 12.3. The van der Waals surface area contributed by atoms with Crippen LogP contribution in [0.2, 0.25) is 0 Å². The van der Waals surface area contributed by atoms with Crippen molar-refractivity contribution < 1.29 is 9.94 Å². The van der Waals surface area contributed by atoms with Crippen LogP contribution in [-0.4, -0.2) is 19.8 Å². The largest absolute Gasteiger partial charge is 0.507 e. The van der Waals surface area contributed by atoms with Gasteiger partial charge in [-0.25, -0.2) is 9.97 Å². The monoisotopic (exact) mass is 297 g/mol. The van der Waals surface area contributed by atoms with Crippen LogP contribution in [0.4, 0.5) is 0 Å². The summed E-state index contributed by atoms with van der Waals surface area (Å²) in [5.41, 5.74) is 1.55. The number of nitrogens with zero attached hydrogens (tertiary/aromatic N) is 3. The van der Waals surface area contributed by atoms with Gasteiger partial charge in [-0.15, -0.1) is 4.73 Å². The van der Waals surface area contributed by atoms with E-state index in [0.717, 1.165) is 10.3 Å². The van der Waals surface area contributed by atoms with Gasteiger partial charge in [-0.3, -0.25) is 4.79 Å². The van der Waals surface area contributed by atoms with E-state index in [0.29, 0.717) is 11.1 Å². The number of aryl methyl sites for hydroxylation is 1. The van der Waals surface area contributed by atoms with Gasteiger partial charge in [0.2, 0.25) is 0 Å². The zero-order valence-electron chi connectivity index (χ0n) is 12.3. The third-order valence-corrected chi connectivity index (χ3v) is 3.51. The van der Waals surface area contributed by atoms with Crippen molar-refractivity contribution >= 4 is 11.0 Å². The van der Waals surface area contributed by atoms with Crippen LogP contribution in [0.3, 0.4) is 0 Å². The molecule has 0 aliphatic carbocycles. The second kappa shape index (κ2) is 5.48. The Balaban J connectivity index is 2.13. The summed E-state index contributed by atoms with van der Waals surface area (Å²) in [7, 11) is 0. The van der Waals surface area contributed by atoms with Gasteiger partial charge in [0.05, 0.1) is 16.6 Å². The lowest BCUT2D eigenvalue weighted by Crippen LogP contribution is -2.29. The number of hydrogen-bond donors (Lipinski definition) is 1. The van der Waals surface area contributed by atoms with Crippen LogP contribution >= 0.6 is 0 Å². The van der Waals surface area contributed by atoms with E-state index in [9.17, 15) is 9.90 Å². The molecule has 3 rings (SSSR count). The first-order valence-electron chi connectivity index (χ1n) is 6.82. The van der Waals surface area contributed by atoms with E-state index in [4.69, 9.17) is 4.84 Å². The minimum atomic E-state index is -0.431. The fraction of sp³-hybridized carbons (Fsp3) is 0.188. The summed E-state index contributed by atoms with van der Waals surface area (Å²) in [4.78, 5) is 26.1. The van der Waals surface area contributed by atoms with E-state index < -0.39 is 5.56 Å². The summed E-state index contributed by atoms with van der Waals surface area (Å²) in [6, 6.07) is 9.51. The third kappa shape index (κ3) is 2.28. The Hall–Kier alpha value is -2.89. The van der Waals surface area contributed by atoms with Gasteiger partial charge in [-0.2, -0.15) is 0 Å². The number of aromatic hydroxyl groups is 1. The highest BCUT2D eigenvalue weighted by Crippen LogP contribution is 2.25. The predicted molar refractivity (Wildman–Crippen MR) is 81.7 cm³/mol. The second-order valence-electron chi connectivity index (χ2n) is 4.99. The maximum Gasteiger partial charge on any atom is 0.291 e. The molecule has 0 radical (unpaired) electrons. The molecular formula is C16H15N3O3. The van der Waals surface area contributed by atoms with E-state index in [1.165, 1.54) is 6.33 Å². The van der Waals surface area contributed by atoms with E-state index in [-0.39, 0.29) is 23.6 Å². The molecule has 0 unspecified atom stereocenters. The fourth-order valence-corrected chi connectivity index (χ4v) is 2.26. The molecule has 2 aromatic heterocycles. The van der Waals surface area contributed by atoms with Crippen LogP contribution in [0.15, 0.2) is 41.5 Å². The molecule has 0 bridgehead atoms. The Kier molecular flexibility index (Phi) is 3.50. The Labute approximate surface area is 126 Å². The van der Waals surface area contributed by atoms with Crippen LogP contribution in [0, 0.1) is 13.8 Å². The molecule has 112 valence electrons. The van der Waals surface area contributed by atoms with Crippen molar-refractivity contribution in [2.45, 2.75) is 20.5 Å². The first kappa shape index (κ1) is 14.1. The van der Waals surface area contributed by atoms with Crippen molar-refractivity contribution in [1.29, 1.82) is 0 Å². The highest BCUT2D eigenvalue weighted by Gasteiger charge is 2.17. The van der Waals surface area contributed by atoms with Crippen LogP contribution in [0.5, 0.6) is 5.75 Å². The summed E-state index contributed by atoms with van der Waals surface area (Å²) in [5.74, 6) is -0.0994. The number of aromatic nitrogens is 3. The first-order valence-corrected chi connectivity index (χ1v) is 6.82. The average Bonchev–Trinajstić information content (AvgIpc) is 2.53. The molecule has 22 heavy (non-hydrogen) atoms. The quantitative estimate of drug-likeness (QED) is 0.797. The molecule has 0 aliphatic rings. The SMILES string of the molecule is Cc1c(O)c2c(C)ncnc2n(OCc2ccccc2)c1=O. The number of benzene rings is 1. The standard InChI is InChI=1S/C16H15N3O3/c1-10-14(20)13-11(2)17-9-18-15(13)19(16(10)21)22-8-12-6-4-3-5-7-12/h3-7,9,20H,8H2,1-2H3. The molecular weight excluding hydrogens is 282 g/mol. The Morgan fingerprint density at radius 2 is 1.91 bits per heavy atom. The highest BCUT2D eigenvalue weighted by atomic mass is 16.7. The summed E-state index contributed by atoms with van der Waals surface area (Å²) < 4.78 is 1.12. The number of pyridine rings is 1. The van der Waals surface area contributed by atoms with Gasteiger partial charge in [0.1, 0.15) is 18.7 Å². The van der Waals surface area contributed by atoms with Crippen molar-refractivity contribution in [3.63, 3.8) is 0 Å². The number of fused-ring (bicyclic) bond motifs is 1. The number of hydrogen-bond acceptors (Lipinski definition) is 5.